The Kier molecular flexibility index (Phi) is 3.82. The third kappa shape index (κ3) is 2.61. The van der Waals surface area contributed by atoms with Gasteiger partial charge in [-0.15, -0.1) is 0 Å². The van der Waals surface area contributed by atoms with Gasteiger partial charge in [0.2, 0.25) is 0 Å². The molecule has 2 aromatic heterocycles. The molecule has 4 fully saturated rings. The quantitative estimate of drug-likeness (QED) is 0.884. The number of aryl methyl sites for hydroxylation is 1. The van der Waals surface area contributed by atoms with E-state index >= 15 is 0 Å². The summed E-state index contributed by atoms with van der Waals surface area (Å²) in [4.78, 5) is 12.2. The highest BCUT2D eigenvalue weighted by Gasteiger charge is 2.58. The lowest BCUT2D eigenvalue weighted by atomic mass is 10.1. The first-order valence-electron chi connectivity index (χ1n) is 10.8. The van der Waals surface area contributed by atoms with E-state index in [1.165, 1.54) is 44.6 Å². The first-order valence-corrected chi connectivity index (χ1v) is 10.8. The van der Waals surface area contributed by atoms with Gasteiger partial charge in [-0.3, -0.25) is 4.90 Å². The van der Waals surface area contributed by atoms with Crippen molar-refractivity contribution in [1.82, 2.24) is 19.4 Å². The number of nitrogens with zero attached hydrogens (tertiary/aromatic N) is 4. The lowest BCUT2D eigenvalue weighted by Gasteiger charge is -2.36. The normalized spacial score (nSPS) is 30.5. The Morgan fingerprint density at radius 2 is 1.89 bits per heavy atom. The van der Waals surface area contributed by atoms with E-state index in [4.69, 9.17) is 15.5 Å². The predicted molar refractivity (Wildman–Crippen MR) is 108 cm³/mol. The maximum atomic E-state index is 5.93. The van der Waals surface area contributed by atoms with Crippen LogP contribution in [0.5, 0.6) is 0 Å². The van der Waals surface area contributed by atoms with Crippen LogP contribution in [0, 0.1) is 18.8 Å². The van der Waals surface area contributed by atoms with Crippen LogP contribution in [0.25, 0.3) is 11.3 Å². The third-order valence-corrected chi connectivity index (χ3v) is 7.53. The number of rotatable bonds is 4. The Balaban J connectivity index is 1.30. The summed E-state index contributed by atoms with van der Waals surface area (Å²) in [6.45, 7) is 6.32. The molecule has 6 heteroatoms. The van der Waals surface area contributed by atoms with E-state index in [2.05, 4.69) is 26.7 Å². The number of likely N-dealkylation sites (tertiary alicyclic amines) is 1. The van der Waals surface area contributed by atoms with E-state index in [0.29, 0.717) is 23.8 Å². The van der Waals surface area contributed by atoms with E-state index in [0.717, 1.165) is 41.9 Å². The lowest BCUT2D eigenvalue weighted by molar-refractivity contribution is -0.0616. The van der Waals surface area contributed by atoms with Crippen molar-refractivity contribution in [3.63, 3.8) is 0 Å². The Labute approximate surface area is 166 Å². The first kappa shape index (κ1) is 17.0. The number of pyridine rings is 1. The first-order chi connectivity index (χ1) is 13.7. The molecular formula is C22H29N5O. The molecule has 4 heterocycles. The van der Waals surface area contributed by atoms with E-state index in [-0.39, 0.29) is 0 Å². The van der Waals surface area contributed by atoms with Gasteiger partial charge in [0.15, 0.2) is 0 Å². The summed E-state index contributed by atoms with van der Waals surface area (Å²) >= 11 is 0. The van der Waals surface area contributed by atoms with Gasteiger partial charge in [-0.25, -0.2) is 9.97 Å². The van der Waals surface area contributed by atoms with Gasteiger partial charge in [0.1, 0.15) is 11.6 Å². The van der Waals surface area contributed by atoms with Crippen LogP contribution in [-0.4, -0.2) is 51.8 Å². The fourth-order valence-corrected chi connectivity index (χ4v) is 5.67. The molecule has 2 aromatic rings. The molecule has 2 N–H and O–H groups in total. The van der Waals surface area contributed by atoms with Crippen molar-refractivity contribution < 1.29 is 4.74 Å². The summed E-state index contributed by atoms with van der Waals surface area (Å²) in [6.07, 6.45) is 9.41. The van der Waals surface area contributed by atoms with Gasteiger partial charge in [-0.05, 0) is 43.2 Å². The average molecular weight is 380 g/mol. The molecule has 2 aliphatic heterocycles. The molecule has 0 unspecified atom stereocenters. The lowest BCUT2D eigenvalue weighted by Crippen LogP contribution is -2.49. The maximum Gasteiger partial charge on any atom is 0.126 e. The Morgan fingerprint density at radius 1 is 1.14 bits per heavy atom. The zero-order chi connectivity index (χ0) is 18.8. The van der Waals surface area contributed by atoms with E-state index in [1.807, 2.05) is 13.1 Å². The fourth-order valence-electron chi connectivity index (χ4n) is 5.67. The van der Waals surface area contributed by atoms with Crippen molar-refractivity contribution in [2.75, 3.05) is 32.0 Å². The molecule has 28 heavy (non-hydrogen) atoms. The van der Waals surface area contributed by atoms with Gasteiger partial charge in [0, 0.05) is 43.0 Å². The average Bonchev–Trinajstić information content (AvgIpc) is 3.15. The fraction of sp³-hybridized carbons (Fsp3) is 0.636. The van der Waals surface area contributed by atoms with Gasteiger partial charge < -0.3 is 15.0 Å². The van der Waals surface area contributed by atoms with Gasteiger partial charge in [0.05, 0.1) is 24.9 Å². The zero-order valence-corrected chi connectivity index (χ0v) is 16.6. The van der Waals surface area contributed by atoms with Crippen LogP contribution >= 0.6 is 0 Å². The number of fused-ring (bicyclic) bond motifs is 1. The molecule has 0 aromatic carbocycles. The molecule has 0 amide bonds. The monoisotopic (exact) mass is 379 g/mol. The maximum absolute atomic E-state index is 5.93. The number of nitrogen functional groups attached to an aromatic ring is 1. The largest absolute Gasteiger partial charge is 0.383 e. The molecule has 2 aliphatic carbocycles. The number of nitrogens with two attached hydrogens (primary N) is 1. The minimum atomic E-state index is 0.607. The molecule has 4 aliphatic rings. The van der Waals surface area contributed by atoms with Crippen molar-refractivity contribution >= 4 is 5.82 Å². The number of anilines is 1. The van der Waals surface area contributed by atoms with Crippen LogP contribution in [0.15, 0.2) is 18.5 Å². The summed E-state index contributed by atoms with van der Waals surface area (Å²) in [7, 11) is 0. The summed E-state index contributed by atoms with van der Waals surface area (Å²) in [5, 5.41) is 0. The molecule has 0 bridgehead atoms. The van der Waals surface area contributed by atoms with Crippen LogP contribution in [0.1, 0.15) is 49.0 Å². The Hall–Kier alpha value is -1.92. The van der Waals surface area contributed by atoms with Crippen molar-refractivity contribution in [1.29, 1.82) is 0 Å². The van der Waals surface area contributed by atoms with Crippen LogP contribution < -0.4 is 5.73 Å². The molecule has 3 atom stereocenters. The molecule has 6 rings (SSSR count). The van der Waals surface area contributed by atoms with E-state index < -0.39 is 0 Å². The molecule has 6 nitrogen and oxygen atoms in total. The second-order valence-electron chi connectivity index (χ2n) is 9.26. The summed E-state index contributed by atoms with van der Waals surface area (Å²) in [6, 6.07) is 3.43. The van der Waals surface area contributed by atoms with E-state index in [1.54, 1.807) is 0 Å². The van der Waals surface area contributed by atoms with Crippen molar-refractivity contribution in [2.24, 2.45) is 11.8 Å². The van der Waals surface area contributed by atoms with Crippen LogP contribution in [0.4, 0.5) is 5.82 Å². The van der Waals surface area contributed by atoms with Crippen LogP contribution in [0.2, 0.25) is 0 Å². The molecule has 2 saturated carbocycles. The number of aromatic nitrogens is 3. The minimum Gasteiger partial charge on any atom is -0.383 e. The molecular weight excluding hydrogens is 350 g/mol. The second kappa shape index (κ2) is 6.29. The Bertz CT molecular complexity index is 886. The Morgan fingerprint density at radius 3 is 2.54 bits per heavy atom. The van der Waals surface area contributed by atoms with Crippen molar-refractivity contribution in [2.45, 2.75) is 50.6 Å². The third-order valence-electron chi connectivity index (χ3n) is 7.53. The standard InChI is InChI=1S/C22H29N5O/c1-13-6-15(7-24-21(13)23)19-10-27(22(25-19)14-4-2-3-5-14)20-17-8-26(9-18(17)20)16-11-28-12-16/h6-7,10,14,16-18,20H,2-5,8-9,11-12H2,1H3,(H2,23,24)/t17-,18+,20+. The molecule has 0 radical (unpaired) electrons. The van der Waals surface area contributed by atoms with Crippen LogP contribution in [-0.2, 0) is 4.74 Å². The van der Waals surface area contributed by atoms with Gasteiger partial charge in [-0.1, -0.05) is 12.8 Å². The summed E-state index contributed by atoms with van der Waals surface area (Å²) in [5.74, 6) is 4.12. The molecule has 148 valence electrons. The highest BCUT2D eigenvalue weighted by atomic mass is 16.5. The second-order valence-corrected chi connectivity index (χ2v) is 9.26. The SMILES string of the molecule is Cc1cc(-c2cn([C@H]3[C@@H]4CN(C5COC5)C[C@@H]43)c(C3CCCC3)n2)cnc1N. The minimum absolute atomic E-state index is 0.607. The summed E-state index contributed by atoms with van der Waals surface area (Å²) < 4.78 is 7.95. The van der Waals surface area contributed by atoms with Gasteiger partial charge in [0.25, 0.3) is 0 Å². The van der Waals surface area contributed by atoms with Gasteiger partial charge >= 0.3 is 0 Å². The summed E-state index contributed by atoms with van der Waals surface area (Å²) in [5.41, 5.74) is 9.10. The number of hydrogen-bond acceptors (Lipinski definition) is 5. The smallest absolute Gasteiger partial charge is 0.126 e. The van der Waals surface area contributed by atoms with Gasteiger partial charge in [-0.2, -0.15) is 0 Å². The zero-order valence-electron chi connectivity index (χ0n) is 16.6. The predicted octanol–water partition coefficient (Wildman–Crippen LogP) is 2.99. The molecule has 2 saturated heterocycles. The van der Waals surface area contributed by atoms with Crippen molar-refractivity contribution in [3.05, 3.63) is 29.8 Å². The number of imidazole rings is 1. The number of hydrogen-bond donors (Lipinski definition) is 1. The molecule has 0 spiro atoms. The highest BCUT2D eigenvalue weighted by molar-refractivity contribution is 5.61. The topological polar surface area (TPSA) is 69.2 Å². The highest BCUT2D eigenvalue weighted by Crippen LogP contribution is 2.57. The number of piperidine rings is 1. The van der Waals surface area contributed by atoms with Crippen molar-refractivity contribution in [3.8, 4) is 11.3 Å². The van der Waals surface area contributed by atoms with E-state index in [9.17, 15) is 0 Å². The number of ether oxygens (including phenoxy) is 1. The van der Waals surface area contributed by atoms with Crippen LogP contribution in [0.3, 0.4) is 0 Å².